The van der Waals surface area contributed by atoms with E-state index in [9.17, 15) is 14.7 Å². The number of aliphatic carboxylic acids is 1. The molecule has 1 aliphatic rings. The molecule has 3 heterocycles. The number of pyridine rings is 1. The predicted octanol–water partition coefficient (Wildman–Crippen LogP) is 3.64. The molecule has 0 bridgehead atoms. The Bertz CT molecular complexity index is 1090. The summed E-state index contributed by atoms with van der Waals surface area (Å²) in [6.07, 6.45) is 7.28. The average molecular weight is 541 g/mol. The zero-order valence-electron chi connectivity index (χ0n) is 23.8. The van der Waals surface area contributed by atoms with Gasteiger partial charge in [0.2, 0.25) is 11.8 Å². The molecule has 10 nitrogen and oxygen atoms in total. The number of hydrogen-bond acceptors (Lipinski definition) is 8. The lowest BCUT2D eigenvalue weighted by atomic mass is 9.92. The molecule has 0 spiro atoms. The van der Waals surface area contributed by atoms with Gasteiger partial charge in [-0.25, -0.2) is 14.8 Å². The molecule has 0 saturated heterocycles. The van der Waals surface area contributed by atoms with Crippen molar-refractivity contribution in [2.75, 3.05) is 38.1 Å². The number of aryl methyl sites for hydroxylation is 3. The number of hydrogen-bond donors (Lipinski definition) is 3. The Morgan fingerprint density at radius 3 is 2.72 bits per heavy atom. The lowest BCUT2D eigenvalue weighted by Crippen LogP contribution is -2.44. The van der Waals surface area contributed by atoms with Crippen LogP contribution >= 0.6 is 0 Å². The molecule has 3 rings (SSSR count). The molecule has 0 aromatic carbocycles. The predicted molar refractivity (Wildman–Crippen MR) is 151 cm³/mol. The summed E-state index contributed by atoms with van der Waals surface area (Å²) in [5.74, 6) is 0.928. The maximum atomic E-state index is 12.4. The Kier molecular flexibility index (Phi) is 11.5. The second-order valence-corrected chi connectivity index (χ2v) is 11.4. The number of aromatic nitrogens is 3. The van der Waals surface area contributed by atoms with Crippen molar-refractivity contribution in [2.45, 2.75) is 78.7 Å². The summed E-state index contributed by atoms with van der Waals surface area (Å²) in [7, 11) is 0. The number of carboxylic acids is 1. The molecule has 3 N–H and O–H groups in total. The Hall–Kier alpha value is -3.27. The SMILES string of the molecule is Cc1nccc(OCCN(CCCCc2ccc3c(n2)NCCC3)CCC(NC(=O)CC(C)(C)C)C(=O)O)n1. The molecule has 10 heteroatoms. The van der Waals surface area contributed by atoms with Gasteiger partial charge in [-0.3, -0.25) is 9.69 Å². The fourth-order valence-corrected chi connectivity index (χ4v) is 4.58. The third kappa shape index (κ3) is 11.2. The standard InChI is InChI=1S/C29H44N6O4/c1-21-30-15-12-26(32-21)39-19-18-35(17-13-24(28(37)38)34-25(36)20-29(2,3)4)16-6-5-9-23-11-10-22-8-7-14-31-27(22)33-23/h10-12,15,24H,5-9,13-14,16-20H2,1-4H3,(H,31,33)(H,34,36)(H,37,38). The van der Waals surface area contributed by atoms with Gasteiger partial charge in [-0.05, 0) is 69.0 Å². The zero-order valence-corrected chi connectivity index (χ0v) is 23.8. The van der Waals surface area contributed by atoms with Gasteiger partial charge in [0.05, 0.1) is 0 Å². The summed E-state index contributed by atoms with van der Waals surface area (Å²) < 4.78 is 5.82. The van der Waals surface area contributed by atoms with Gasteiger partial charge in [0, 0.05) is 44.0 Å². The van der Waals surface area contributed by atoms with Crippen molar-refractivity contribution in [1.82, 2.24) is 25.2 Å². The van der Waals surface area contributed by atoms with Crippen LogP contribution in [0.15, 0.2) is 24.4 Å². The highest BCUT2D eigenvalue weighted by atomic mass is 16.5. The van der Waals surface area contributed by atoms with Crippen molar-refractivity contribution in [3.05, 3.63) is 41.5 Å². The van der Waals surface area contributed by atoms with Gasteiger partial charge in [-0.2, -0.15) is 4.98 Å². The average Bonchev–Trinajstić information content (AvgIpc) is 2.87. The quantitative estimate of drug-likeness (QED) is 0.290. The van der Waals surface area contributed by atoms with Crippen LogP contribution in [0.1, 0.15) is 70.0 Å². The number of fused-ring (bicyclic) bond motifs is 1. The van der Waals surface area contributed by atoms with E-state index < -0.39 is 12.0 Å². The second-order valence-electron chi connectivity index (χ2n) is 11.4. The topological polar surface area (TPSA) is 130 Å². The number of carbonyl (C=O) groups excluding carboxylic acids is 1. The first-order chi connectivity index (χ1) is 18.6. The Labute approximate surface area is 232 Å². The third-order valence-corrected chi connectivity index (χ3v) is 6.58. The Morgan fingerprint density at radius 1 is 1.15 bits per heavy atom. The maximum Gasteiger partial charge on any atom is 0.326 e. The molecule has 0 aliphatic carbocycles. The van der Waals surface area contributed by atoms with Crippen LogP contribution in [0.5, 0.6) is 5.88 Å². The summed E-state index contributed by atoms with van der Waals surface area (Å²) in [6.45, 7) is 11.0. The first-order valence-electron chi connectivity index (χ1n) is 14.0. The van der Waals surface area contributed by atoms with Gasteiger partial charge < -0.3 is 20.5 Å². The lowest BCUT2D eigenvalue weighted by molar-refractivity contribution is -0.142. The van der Waals surface area contributed by atoms with E-state index in [1.165, 1.54) is 5.56 Å². The number of rotatable bonds is 15. The number of amides is 1. The van der Waals surface area contributed by atoms with Crippen molar-refractivity contribution in [2.24, 2.45) is 5.41 Å². The number of ether oxygens (including phenoxy) is 1. The summed E-state index contributed by atoms with van der Waals surface area (Å²) in [5, 5.41) is 15.8. The minimum Gasteiger partial charge on any atom is -0.480 e. The molecule has 0 fully saturated rings. The summed E-state index contributed by atoms with van der Waals surface area (Å²) in [4.78, 5) is 39.6. The monoisotopic (exact) mass is 540 g/mol. The van der Waals surface area contributed by atoms with Crippen LogP contribution in [-0.2, 0) is 22.4 Å². The van der Waals surface area contributed by atoms with E-state index in [0.29, 0.717) is 37.8 Å². The van der Waals surface area contributed by atoms with E-state index in [4.69, 9.17) is 9.72 Å². The lowest BCUT2D eigenvalue weighted by Gasteiger charge is -2.25. The fraction of sp³-hybridized carbons (Fsp3) is 0.621. The maximum absolute atomic E-state index is 12.4. The van der Waals surface area contributed by atoms with E-state index >= 15 is 0 Å². The van der Waals surface area contributed by atoms with Gasteiger partial charge in [0.15, 0.2) is 0 Å². The molecule has 214 valence electrons. The summed E-state index contributed by atoms with van der Waals surface area (Å²) in [6, 6.07) is 5.10. The smallest absolute Gasteiger partial charge is 0.326 e. The van der Waals surface area contributed by atoms with Gasteiger partial charge in [-0.15, -0.1) is 0 Å². The van der Waals surface area contributed by atoms with Gasteiger partial charge in [0.1, 0.15) is 24.3 Å². The molecule has 1 amide bonds. The van der Waals surface area contributed by atoms with Gasteiger partial charge >= 0.3 is 5.97 Å². The van der Waals surface area contributed by atoms with Crippen molar-refractivity contribution < 1.29 is 19.4 Å². The number of carbonyl (C=O) groups is 2. The highest BCUT2D eigenvalue weighted by Crippen LogP contribution is 2.20. The van der Waals surface area contributed by atoms with Crippen molar-refractivity contribution in [3.8, 4) is 5.88 Å². The van der Waals surface area contributed by atoms with Crippen LogP contribution in [0.4, 0.5) is 5.82 Å². The van der Waals surface area contributed by atoms with Crippen LogP contribution in [0, 0.1) is 12.3 Å². The second kappa shape index (κ2) is 14.8. The molecule has 1 aliphatic heterocycles. The minimum absolute atomic E-state index is 0.209. The molecular weight excluding hydrogens is 496 g/mol. The summed E-state index contributed by atoms with van der Waals surface area (Å²) in [5.41, 5.74) is 2.17. The number of anilines is 1. The van der Waals surface area contributed by atoms with Crippen molar-refractivity contribution in [3.63, 3.8) is 0 Å². The molecule has 1 unspecified atom stereocenters. The number of unbranched alkanes of at least 4 members (excludes halogenated alkanes) is 1. The minimum atomic E-state index is -1.02. The Balaban J connectivity index is 1.52. The normalized spacial score (nSPS) is 13.9. The highest BCUT2D eigenvalue weighted by Gasteiger charge is 2.24. The van der Waals surface area contributed by atoms with Gasteiger partial charge in [-0.1, -0.05) is 26.8 Å². The van der Waals surface area contributed by atoms with Crippen LogP contribution in [-0.4, -0.2) is 75.7 Å². The van der Waals surface area contributed by atoms with E-state index in [1.54, 1.807) is 12.3 Å². The zero-order chi connectivity index (χ0) is 28.3. The van der Waals surface area contributed by atoms with Crippen LogP contribution in [0.2, 0.25) is 0 Å². The van der Waals surface area contributed by atoms with E-state index in [1.807, 2.05) is 27.7 Å². The van der Waals surface area contributed by atoms with Gasteiger partial charge in [0.25, 0.3) is 0 Å². The first kappa shape index (κ1) is 30.3. The molecule has 1 atom stereocenters. The van der Waals surface area contributed by atoms with Crippen molar-refractivity contribution in [1.29, 1.82) is 0 Å². The molecule has 0 saturated carbocycles. The number of carboxylic acid groups (broad SMARTS) is 1. The molecule has 39 heavy (non-hydrogen) atoms. The highest BCUT2D eigenvalue weighted by molar-refractivity contribution is 5.83. The number of nitrogens with one attached hydrogen (secondary N) is 2. The van der Waals surface area contributed by atoms with Crippen molar-refractivity contribution >= 4 is 17.7 Å². The van der Waals surface area contributed by atoms with E-state index in [0.717, 1.165) is 56.7 Å². The van der Waals surface area contributed by atoms with E-state index in [2.05, 4.69) is 37.6 Å². The van der Waals surface area contributed by atoms with E-state index in [-0.39, 0.29) is 17.7 Å². The third-order valence-electron chi connectivity index (χ3n) is 6.58. The molecule has 0 radical (unpaired) electrons. The van der Waals surface area contributed by atoms with Crippen LogP contribution in [0.25, 0.3) is 0 Å². The van der Waals surface area contributed by atoms with Crippen LogP contribution in [0.3, 0.4) is 0 Å². The molecular formula is C29H44N6O4. The molecule has 2 aromatic heterocycles. The number of nitrogens with zero attached hydrogens (tertiary/aromatic N) is 4. The largest absolute Gasteiger partial charge is 0.480 e. The van der Waals surface area contributed by atoms with Crippen LogP contribution < -0.4 is 15.4 Å². The Morgan fingerprint density at radius 2 is 1.97 bits per heavy atom. The fourth-order valence-electron chi connectivity index (χ4n) is 4.58. The first-order valence-corrected chi connectivity index (χ1v) is 14.0. The summed E-state index contributed by atoms with van der Waals surface area (Å²) >= 11 is 0. The molecule has 2 aromatic rings.